The summed E-state index contributed by atoms with van der Waals surface area (Å²) in [6.07, 6.45) is 0. The molecule has 0 spiro atoms. The predicted octanol–water partition coefficient (Wildman–Crippen LogP) is 6.02. The van der Waals surface area contributed by atoms with E-state index in [1.165, 1.54) is 0 Å². The number of carbonyl (C=O) groups excluding carboxylic acids is 1. The van der Waals surface area contributed by atoms with Gasteiger partial charge in [-0.05, 0) is 49.6 Å². The Labute approximate surface area is 184 Å². The molecular weight excluding hydrogens is 404 g/mol. The van der Waals surface area contributed by atoms with E-state index in [2.05, 4.69) is 10.4 Å². The van der Waals surface area contributed by atoms with Crippen LogP contribution in [0.5, 0.6) is 0 Å². The van der Waals surface area contributed by atoms with Crippen LogP contribution in [0.1, 0.15) is 21.7 Å². The third-order valence-corrected chi connectivity index (χ3v) is 6.16. The molecule has 152 valence electrons. The van der Waals surface area contributed by atoms with Crippen LogP contribution in [0.3, 0.4) is 0 Å². The van der Waals surface area contributed by atoms with E-state index < -0.39 is 0 Å². The zero-order chi connectivity index (χ0) is 21.4. The summed E-state index contributed by atoms with van der Waals surface area (Å²) in [6.45, 7) is 3.87. The molecule has 0 saturated heterocycles. The van der Waals surface area contributed by atoms with E-state index in [-0.39, 0.29) is 5.91 Å². The highest BCUT2D eigenvalue weighted by atomic mass is 32.1. The van der Waals surface area contributed by atoms with Crippen LogP contribution in [0.2, 0.25) is 0 Å². The van der Waals surface area contributed by atoms with Crippen LogP contribution >= 0.6 is 11.3 Å². The Morgan fingerprint density at radius 1 is 0.968 bits per heavy atom. The maximum Gasteiger partial charge on any atom is 0.256 e. The molecule has 0 atom stereocenters. The molecule has 6 heteroatoms. The molecule has 3 aromatic heterocycles. The Kier molecular flexibility index (Phi) is 4.84. The standard InChI is InChI=1S/C25H20N4OS/c1-16-24(17(2)29(28-16)18-9-4-3-5-10-18)27-25(30)20-15-22(23-13-8-14-31-23)26-21-12-7-6-11-19(20)21/h3-15H,1-2H3,(H,27,30). The van der Waals surface area contributed by atoms with Gasteiger partial charge in [-0.1, -0.05) is 42.5 Å². The second kappa shape index (κ2) is 7.81. The van der Waals surface area contributed by atoms with Crippen molar-refractivity contribution >= 4 is 33.8 Å². The largest absolute Gasteiger partial charge is 0.319 e. The maximum absolute atomic E-state index is 13.4. The average molecular weight is 425 g/mol. The van der Waals surface area contributed by atoms with Gasteiger partial charge in [0.05, 0.1) is 44.4 Å². The van der Waals surface area contributed by atoms with E-state index in [0.717, 1.165) is 44.2 Å². The van der Waals surface area contributed by atoms with Crippen molar-refractivity contribution in [2.75, 3.05) is 5.32 Å². The number of hydrogen-bond donors (Lipinski definition) is 1. The second-order valence-electron chi connectivity index (χ2n) is 7.30. The first-order valence-corrected chi connectivity index (χ1v) is 10.9. The van der Waals surface area contributed by atoms with Crippen LogP contribution in [-0.4, -0.2) is 20.7 Å². The lowest BCUT2D eigenvalue weighted by atomic mass is 10.1. The summed E-state index contributed by atoms with van der Waals surface area (Å²) in [5.41, 5.74) is 5.53. The van der Waals surface area contributed by atoms with Crippen molar-refractivity contribution < 1.29 is 4.79 Å². The Bertz CT molecular complexity index is 1390. The Hall–Kier alpha value is -3.77. The average Bonchev–Trinajstić information content (AvgIpc) is 3.43. The molecule has 5 nitrogen and oxygen atoms in total. The normalized spacial score (nSPS) is 11.0. The van der Waals surface area contributed by atoms with Gasteiger partial charge in [0.1, 0.15) is 0 Å². The van der Waals surface area contributed by atoms with Crippen LogP contribution in [0.4, 0.5) is 5.69 Å². The van der Waals surface area contributed by atoms with Crippen molar-refractivity contribution in [1.82, 2.24) is 14.8 Å². The SMILES string of the molecule is Cc1nn(-c2ccccc2)c(C)c1NC(=O)c1cc(-c2cccs2)nc2ccccc12. The van der Waals surface area contributed by atoms with Gasteiger partial charge in [-0.25, -0.2) is 9.67 Å². The van der Waals surface area contributed by atoms with Crippen molar-refractivity contribution in [2.45, 2.75) is 13.8 Å². The molecule has 0 unspecified atom stereocenters. The Balaban J connectivity index is 1.57. The highest BCUT2D eigenvalue weighted by Gasteiger charge is 2.19. The van der Waals surface area contributed by atoms with Crippen molar-refractivity contribution in [2.24, 2.45) is 0 Å². The van der Waals surface area contributed by atoms with Gasteiger partial charge in [0.2, 0.25) is 0 Å². The summed E-state index contributed by atoms with van der Waals surface area (Å²) in [5.74, 6) is -0.171. The maximum atomic E-state index is 13.4. The highest BCUT2D eigenvalue weighted by molar-refractivity contribution is 7.13. The molecule has 2 aromatic carbocycles. The topological polar surface area (TPSA) is 59.8 Å². The van der Waals surface area contributed by atoms with Gasteiger partial charge in [-0.3, -0.25) is 4.79 Å². The summed E-state index contributed by atoms with van der Waals surface area (Å²) in [5, 5.41) is 10.6. The van der Waals surface area contributed by atoms with E-state index in [0.29, 0.717) is 5.56 Å². The fraction of sp³-hybridized carbons (Fsp3) is 0.0800. The van der Waals surface area contributed by atoms with Crippen molar-refractivity contribution in [1.29, 1.82) is 0 Å². The molecule has 1 amide bonds. The first-order valence-electron chi connectivity index (χ1n) is 9.98. The number of aryl methyl sites for hydroxylation is 1. The molecule has 0 aliphatic heterocycles. The number of nitrogens with zero attached hydrogens (tertiary/aromatic N) is 3. The van der Waals surface area contributed by atoms with E-state index >= 15 is 0 Å². The number of thiophene rings is 1. The third-order valence-electron chi connectivity index (χ3n) is 5.27. The van der Waals surface area contributed by atoms with Gasteiger partial charge in [-0.15, -0.1) is 11.3 Å². The van der Waals surface area contributed by atoms with Gasteiger partial charge in [0.15, 0.2) is 0 Å². The first kappa shape index (κ1) is 19.2. The van der Waals surface area contributed by atoms with Crippen molar-refractivity contribution in [3.05, 3.63) is 95.1 Å². The zero-order valence-corrected chi connectivity index (χ0v) is 18.0. The number of para-hydroxylation sites is 2. The van der Waals surface area contributed by atoms with Crippen molar-refractivity contribution in [3.8, 4) is 16.3 Å². The number of benzene rings is 2. The van der Waals surface area contributed by atoms with Crippen LogP contribution < -0.4 is 5.32 Å². The quantitative estimate of drug-likeness (QED) is 0.384. The predicted molar refractivity (Wildman–Crippen MR) is 126 cm³/mol. The lowest BCUT2D eigenvalue weighted by molar-refractivity contribution is 0.102. The fourth-order valence-electron chi connectivity index (χ4n) is 3.74. The monoisotopic (exact) mass is 424 g/mol. The van der Waals surface area contributed by atoms with Gasteiger partial charge < -0.3 is 5.32 Å². The zero-order valence-electron chi connectivity index (χ0n) is 17.2. The number of amides is 1. The number of rotatable bonds is 4. The number of hydrogen-bond acceptors (Lipinski definition) is 4. The van der Waals surface area contributed by atoms with Crippen LogP contribution in [0.15, 0.2) is 78.2 Å². The van der Waals surface area contributed by atoms with Gasteiger partial charge in [0.25, 0.3) is 5.91 Å². The molecule has 0 radical (unpaired) electrons. The van der Waals surface area contributed by atoms with E-state index in [1.807, 2.05) is 96.7 Å². The Morgan fingerprint density at radius 3 is 2.52 bits per heavy atom. The molecule has 31 heavy (non-hydrogen) atoms. The molecule has 5 rings (SSSR count). The number of pyridine rings is 1. The summed E-state index contributed by atoms with van der Waals surface area (Å²) < 4.78 is 1.85. The molecule has 5 aromatic rings. The minimum absolute atomic E-state index is 0.171. The number of aromatic nitrogens is 3. The fourth-order valence-corrected chi connectivity index (χ4v) is 4.43. The van der Waals surface area contributed by atoms with E-state index in [4.69, 9.17) is 4.98 Å². The number of nitrogens with one attached hydrogen (secondary N) is 1. The molecule has 0 saturated carbocycles. The minimum Gasteiger partial charge on any atom is -0.319 e. The lowest BCUT2D eigenvalue weighted by Gasteiger charge is -2.11. The van der Waals surface area contributed by atoms with Gasteiger partial charge >= 0.3 is 0 Å². The smallest absolute Gasteiger partial charge is 0.256 e. The molecule has 0 aliphatic carbocycles. The highest BCUT2D eigenvalue weighted by Crippen LogP contribution is 2.29. The summed E-state index contributed by atoms with van der Waals surface area (Å²) in [6, 6.07) is 23.5. The summed E-state index contributed by atoms with van der Waals surface area (Å²) in [7, 11) is 0. The molecular formula is C25H20N4OS. The molecule has 0 bridgehead atoms. The van der Waals surface area contributed by atoms with Gasteiger partial charge in [0, 0.05) is 5.39 Å². The summed E-state index contributed by atoms with van der Waals surface area (Å²) in [4.78, 5) is 19.2. The van der Waals surface area contributed by atoms with E-state index in [9.17, 15) is 4.79 Å². The van der Waals surface area contributed by atoms with Gasteiger partial charge in [-0.2, -0.15) is 5.10 Å². The molecule has 0 aliphatic rings. The second-order valence-corrected chi connectivity index (χ2v) is 8.24. The van der Waals surface area contributed by atoms with Crippen molar-refractivity contribution in [3.63, 3.8) is 0 Å². The molecule has 1 N–H and O–H groups in total. The number of carbonyl (C=O) groups is 1. The molecule has 3 heterocycles. The summed E-state index contributed by atoms with van der Waals surface area (Å²) >= 11 is 1.61. The molecule has 0 fully saturated rings. The minimum atomic E-state index is -0.171. The lowest BCUT2D eigenvalue weighted by Crippen LogP contribution is -2.14. The van der Waals surface area contributed by atoms with Crippen LogP contribution in [0.25, 0.3) is 27.2 Å². The Morgan fingerprint density at radius 2 is 1.74 bits per heavy atom. The third kappa shape index (κ3) is 3.51. The van der Waals surface area contributed by atoms with Crippen LogP contribution in [0, 0.1) is 13.8 Å². The number of fused-ring (bicyclic) bond motifs is 1. The van der Waals surface area contributed by atoms with E-state index in [1.54, 1.807) is 11.3 Å². The van der Waals surface area contributed by atoms with Crippen LogP contribution in [-0.2, 0) is 0 Å². The first-order chi connectivity index (χ1) is 15.1. The number of anilines is 1.